The topological polar surface area (TPSA) is 63.2 Å². The zero-order chi connectivity index (χ0) is 20.8. The van der Waals surface area contributed by atoms with Crippen molar-refractivity contribution in [3.05, 3.63) is 47.0 Å². The van der Waals surface area contributed by atoms with Crippen molar-refractivity contribution < 1.29 is 28.5 Å². The summed E-state index contributed by atoms with van der Waals surface area (Å²) in [6, 6.07) is 9.42. The number of carbonyl (C=O) groups excluding carboxylic acids is 1. The van der Waals surface area contributed by atoms with E-state index in [9.17, 15) is 4.79 Å². The fourth-order valence-corrected chi connectivity index (χ4v) is 3.42. The van der Waals surface area contributed by atoms with E-state index in [1.54, 1.807) is 0 Å². The third-order valence-corrected chi connectivity index (χ3v) is 4.54. The monoisotopic (exact) mass is 400 g/mol. The van der Waals surface area contributed by atoms with Gasteiger partial charge in [-0.05, 0) is 57.5 Å². The fourth-order valence-electron chi connectivity index (χ4n) is 3.42. The molecule has 0 aliphatic carbocycles. The third kappa shape index (κ3) is 4.58. The molecule has 156 valence electrons. The standard InChI is InChI=1S/C23H28O6/c1-5-25-18-10-9-15(11-19(18)26-6-2)23-17-14-21(28-8-4)20(27-7-3)12-16(17)13-22(24)29-23/h9-12,14,23H,5-8,13H2,1-4H3/t23-/m1/s1. The van der Waals surface area contributed by atoms with Crippen LogP contribution in [-0.2, 0) is 16.0 Å². The van der Waals surface area contributed by atoms with Crippen LogP contribution in [0.5, 0.6) is 23.0 Å². The molecule has 1 aliphatic heterocycles. The molecule has 6 nitrogen and oxygen atoms in total. The van der Waals surface area contributed by atoms with E-state index in [0.29, 0.717) is 49.4 Å². The number of hydrogen-bond donors (Lipinski definition) is 0. The summed E-state index contributed by atoms with van der Waals surface area (Å²) in [4.78, 5) is 12.3. The van der Waals surface area contributed by atoms with E-state index in [1.165, 1.54) is 0 Å². The molecule has 3 rings (SSSR count). The molecule has 29 heavy (non-hydrogen) atoms. The predicted molar refractivity (Wildman–Crippen MR) is 109 cm³/mol. The zero-order valence-electron chi connectivity index (χ0n) is 17.4. The van der Waals surface area contributed by atoms with Crippen LogP contribution in [0.15, 0.2) is 30.3 Å². The Labute approximate surface area is 171 Å². The number of hydrogen-bond acceptors (Lipinski definition) is 6. The minimum atomic E-state index is -0.545. The number of rotatable bonds is 9. The lowest BCUT2D eigenvalue weighted by Gasteiger charge is -2.28. The van der Waals surface area contributed by atoms with Gasteiger partial charge in [-0.2, -0.15) is 0 Å². The second-order valence-corrected chi connectivity index (χ2v) is 6.48. The Morgan fingerprint density at radius 1 is 0.793 bits per heavy atom. The average Bonchev–Trinajstić information content (AvgIpc) is 2.70. The lowest BCUT2D eigenvalue weighted by atomic mass is 9.92. The molecule has 1 heterocycles. The van der Waals surface area contributed by atoms with Crippen molar-refractivity contribution in [3.63, 3.8) is 0 Å². The SMILES string of the molecule is CCOc1ccc([C@H]2OC(=O)Cc3cc(OCC)c(OCC)cc32)cc1OCC. The molecule has 1 aliphatic rings. The number of ether oxygens (including phenoxy) is 5. The molecule has 0 aromatic heterocycles. The van der Waals surface area contributed by atoms with Gasteiger partial charge in [-0.25, -0.2) is 0 Å². The van der Waals surface area contributed by atoms with Gasteiger partial charge in [-0.1, -0.05) is 6.07 Å². The van der Waals surface area contributed by atoms with Crippen molar-refractivity contribution in [2.75, 3.05) is 26.4 Å². The van der Waals surface area contributed by atoms with Crippen LogP contribution in [0.1, 0.15) is 50.5 Å². The summed E-state index contributed by atoms with van der Waals surface area (Å²) in [6.45, 7) is 9.77. The highest BCUT2D eigenvalue weighted by molar-refractivity contribution is 5.77. The van der Waals surface area contributed by atoms with Gasteiger partial charge in [0.25, 0.3) is 0 Å². The second kappa shape index (κ2) is 9.54. The summed E-state index contributed by atoms with van der Waals surface area (Å²) < 4.78 is 28.6. The highest BCUT2D eigenvalue weighted by atomic mass is 16.5. The maximum Gasteiger partial charge on any atom is 0.311 e. The van der Waals surface area contributed by atoms with Crippen LogP contribution < -0.4 is 18.9 Å². The highest BCUT2D eigenvalue weighted by Crippen LogP contribution is 2.42. The average molecular weight is 400 g/mol. The van der Waals surface area contributed by atoms with Gasteiger partial charge in [-0.15, -0.1) is 0 Å². The first-order valence-corrected chi connectivity index (χ1v) is 10.1. The normalized spacial score (nSPS) is 15.3. The number of carbonyl (C=O) groups is 1. The van der Waals surface area contributed by atoms with Gasteiger partial charge in [0.2, 0.25) is 0 Å². The van der Waals surface area contributed by atoms with Crippen LogP contribution in [0, 0.1) is 0 Å². The molecule has 2 aromatic rings. The summed E-state index contributed by atoms with van der Waals surface area (Å²) in [7, 11) is 0. The van der Waals surface area contributed by atoms with Crippen LogP contribution in [0.4, 0.5) is 0 Å². The van der Waals surface area contributed by atoms with Gasteiger partial charge in [0, 0.05) is 11.1 Å². The number of cyclic esters (lactones) is 1. The summed E-state index contributed by atoms with van der Waals surface area (Å²) in [5.74, 6) is 2.31. The summed E-state index contributed by atoms with van der Waals surface area (Å²) >= 11 is 0. The predicted octanol–water partition coefficient (Wildman–Crippen LogP) is 4.47. The first-order chi connectivity index (χ1) is 14.1. The van der Waals surface area contributed by atoms with E-state index < -0.39 is 6.10 Å². The van der Waals surface area contributed by atoms with Gasteiger partial charge in [-0.3, -0.25) is 4.79 Å². The maximum absolute atomic E-state index is 12.3. The van der Waals surface area contributed by atoms with Crippen molar-refractivity contribution in [1.82, 2.24) is 0 Å². The van der Waals surface area contributed by atoms with Gasteiger partial charge in [0.05, 0.1) is 32.8 Å². The number of esters is 1. The lowest BCUT2D eigenvalue weighted by Crippen LogP contribution is -2.22. The zero-order valence-corrected chi connectivity index (χ0v) is 17.4. The molecule has 0 bridgehead atoms. The fraction of sp³-hybridized carbons (Fsp3) is 0.435. The Kier molecular flexibility index (Phi) is 6.86. The van der Waals surface area contributed by atoms with Crippen LogP contribution in [0.3, 0.4) is 0 Å². The molecule has 0 saturated heterocycles. The van der Waals surface area contributed by atoms with Crippen LogP contribution in [0.25, 0.3) is 0 Å². The van der Waals surface area contributed by atoms with E-state index in [2.05, 4.69) is 0 Å². The minimum absolute atomic E-state index is 0.202. The summed E-state index contributed by atoms with van der Waals surface area (Å²) in [6.07, 6.45) is -0.343. The van der Waals surface area contributed by atoms with Crippen molar-refractivity contribution in [2.45, 2.75) is 40.2 Å². The van der Waals surface area contributed by atoms with Crippen molar-refractivity contribution in [1.29, 1.82) is 0 Å². The first kappa shape index (κ1) is 20.8. The van der Waals surface area contributed by atoms with Gasteiger partial charge in [0.1, 0.15) is 0 Å². The number of fused-ring (bicyclic) bond motifs is 1. The molecule has 0 radical (unpaired) electrons. The van der Waals surface area contributed by atoms with E-state index in [4.69, 9.17) is 23.7 Å². The molecule has 0 unspecified atom stereocenters. The molecule has 6 heteroatoms. The van der Waals surface area contributed by atoms with Gasteiger partial charge < -0.3 is 23.7 Å². The van der Waals surface area contributed by atoms with E-state index in [1.807, 2.05) is 58.0 Å². The summed E-state index contributed by atoms with van der Waals surface area (Å²) in [5, 5.41) is 0. The Bertz CT molecular complexity index is 861. The van der Waals surface area contributed by atoms with Crippen molar-refractivity contribution in [3.8, 4) is 23.0 Å². The smallest absolute Gasteiger partial charge is 0.311 e. The first-order valence-electron chi connectivity index (χ1n) is 10.1. The molecule has 1 atom stereocenters. The van der Waals surface area contributed by atoms with Crippen LogP contribution in [-0.4, -0.2) is 32.4 Å². The van der Waals surface area contributed by atoms with Gasteiger partial charge >= 0.3 is 5.97 Å². The Hall–Kier alpha value is -2.89. The Morgan fingerprint density at radius 2 is 1.34 bits per heavy atom. The molecule has 0 saturated carbocycles. The highest BCUT2D eigenvalue weighted by Gasteiger charge is 2.30. The van der Waals surface area contributed by atoms with Crippen molar-refractivity contribution in [2.24, 2.45) is 0 Å². The second-order valence-electron chi connectivity index (χ2n) is 6.48. The van der Waals surface area contributed by atoms with Crippen LogP contribution >= 0.6 is 0 Å². The molecule has 0 amide bonds. The van der Waals surface area contributed by atoms with Crippen LogP contribution in [0.2, 0.25) is 0 Å². The molecule has 2 aromatic carbocycles. The third-order valence-electron chi connectivity index (χ3n) is 4.54. The molecular weight excluding hydrogens is 372 g/mol. The minimum Gasteiger partial charge on any atom is -0.490 e. The molecular formula is C23H28O6. The Balaban J connectivity index is 2.06. The Morgan fingerprint density at radius 3 is 1.97 bits per heavy atom. The van der Waals surface area contributed by atoms with E-state index in [0.717, 1.165) is 16.7 Å². The maximum atomic E-state index is 12.3. The van der Waals surface area contributed by atoms with Gasteiger partial charge in [0.15, 0.2) is 29.1 Å². The largest absolute Gasteiger partial charge is 0.490 e. The lowest BCUT2D eigenvalue weighted by molar-refractivity contribution is -0.148. The van der Waals surface area contributed by atoms with Crippen molar-refractivity contribution >= 4 is 5.97 Å². The number of benzene rings is 2. The molecule has 0 N–H and O–H groups in total. The molecule has 0 fully saturated rings. The quantitative estimate of drug-likeness (QED) is 0.579. The van der Waals surface area contributed by atoms with E-state index >= 15 is 0 Å². The van der Waals surface area contributed by atoms with E-state index in [-0.39, 0.29) is 12.4 Å². The summed E-state index contributed by atoms with van der Waals surface area (Å²) in [5.41, 5.74) is 2.59. The molecule has 0 spiro atoms.